The lowest BCUT2D eigenvalue weighted by Crippen LogP contribution is -2.33. The zero-order valence-corrected chi connectivity index (χ0v) is 10.5. The van der Waals surface area contributed by atoms with Gasteiger partial charge in [-0.25, -0.2) is 0 Å². The van der Waals surface area contributed by atoms with Crippen molar-refractivity contribution in [1.82, 2.24) is 0 Å². The second-order valence-electron chi connectivity index (χ2n) is 4.31. The first-order chi connectivity index (χ1) is 8.26. The molecule has 1 aliphatic rings. The van der Waals surface area contributed by atoms with Crippen LogP contribution in [0.1, 0.15) is 18.4 Å². The molecule has 0 unspecified atom stereocenters. The van der Waals surface area contributed by atoms with Crippen molar-refractivity contribution in [3.63, 3.8) is 0 Å². The predicted molar refractivity (Wildman–Crippen MR) is 71.3 cm³/mol. The molecule has 0 bridgehead atoms. The molecule has 2 nitrogen and oxygen atoms in total. The number of piperidine rings is 1. The van der Waals surface area contributed by atoms with Gasteiger partial charge in [0.25, 0.3) is 0 Å². The van der Waals surface area contributed by atoms with E-state index in [1.54, 1.807) is 0 Å². The van der Waals surface area contributed by atoms with Crippen molar-refractivity contribution in [2.45, 2.75) is 12.8 Å². The fraction of sp³-hybridized carbons (Fsp3) is 0.357. The first-order valence-corrected chi connectivity index (χ1v) is 6.20. The zero-order chi connectivity index (χ0) is 12.3. The van der Waals surface area contributed by atoms with E-state index in [2.05, 4.69) is 17.5 Å². The third kappa shape index (κ3) is 2.45. The van der Waals surface area contributed by atoms with E-state index in [0.717, 1.165) is 31.6 Å². The van der Waals surface area contributed by atoms with E-state index in [9.17, 15) is 0 Å². The van der Waals surface area contributed by atoms with Crippen LogP contribution in [0.4, 0.5) is 5.69 Å². The van der Waals surface area contributed by atoms with Crippen LogP contribution >= 0.6 is 11.6 Å². The van der Waals surface area contributed by atoms with E-state index in [-0.39, 0.29) is 0 Å². The Bertz CT molecular complexity index is 454. The highest BCUT2D eigenvalue weighted by Gasteiger charge is 2.21. The van der Waals surface area contributed by atoms with Gasteiger partial charge < -0.3 is 4.90 Å². The van der Waals surface area contributed by atoms with E-state index in [4.69, 9.17) is 16.9 Å². The van der Waals surface area contributed by atoms with Gasteiger partial charge in [-0.15, -0.1) is 6.58 Å². The number of hydrogen-bond acceptors (Lipinski definition) is 2. The van der Waals surface area contributed by atoms with Crippen LogP contribution in [-0.4, -0.2) is 13.1 Å². The minimum atomic E-state index is 0.597. The molecule has 1 aromatic rings. The quantitative estimate of drug-likeness (QED) is 0.746. The van der Waals surface area contributed by atoms with Gasteiger partial charge in [-0.1, -0.05) is 23.7 Å². The predicted octanol–water partition coefficient (Wildman–Crippen LogP) is 3.61. The SMILES string of the molecule is C=CC1CCN(c2c(Cl)cccc2C#N)CC1. The number of anilines is 1. The van der Waals surface area contributed by atoms with Gasteiger partial charge in [0.15, 0.2) is 0 Å². The van der Waals surface area contributed by atoms with Gasteiger partial charge in [-0.2, -0.15) is 5.26 Å². The number of benzene rings is 1. The van der Waals surface area contributed by atoms with Crippen LogP contribution in [0.5, 0.6) is 0 Å². The van der Waals surface area contributed by atoms with Crippen LogP contribution in [0.3, 0.4) is 0 Å². The van der Waals surface area contributed by atoms with Crippen LogP contribution in [0, 0.1) is 17.2 Å². The van der Waals surface area contributed by atoms with Gasteiger partial charge in [-0.05, 0) is 30.9 Å². The molecule has 1 aliphatic heterocycles. The van der Waals surface area contributed by atoms with Crippen LogP contribution < -0.4 is 4.90 Å². The maximum atomic E-state index is 9.12. The molecule has 0 atom stereocenters. The maximum Gasteiger partial charge on any atom is 0.101 e. The molecule has 2 rings (SSSR count). The van der Waals surface area contributed by atoms with E-state index in [1.807, 2.05) is 24.3 Å². The summed E-state index contributed by atoms with van der Waals surface area (Å²) in [6, 6.07) is 7.70. The molecule has 88 valence electrons. The van der Waals surface area contributed by atoms with Gasteiger partial charge in [-0.3, -0.25) is 0 Å². The molecule has 1 fully saturated rings. The molecule has 0 aromatic heterocycles. The smallest absolute Gasteiger partial charge is 0.101 e. The van der Waals surface area contributed by atoms with Crippen molar-refractivity contribution in [2.24, 2.45) is 5.92 Å². The molecule has 3 heteroatoms. The van der Waals surface area contributed by atoms with Gasteiger partial charge in [0.05, 0.1) is 16.3 Å². The largest absolute Gasteiger partial charge is 0.369 e. The second kappa shape index (κ2) is 5.25. The molecular formula is C14H15ClN2. The summed E-state index contributed by atoms with van der Waals surface area (Å²) in [6.07, 6.45) is 4.19. The molecule has 0 spiro atoms. The van der Waals surface area contributed by atoms with Crippen LogP contribution in [0.25, 0.3) is 0 Å². The van der Waals surface area contributed by atoms with E-state index >= 15 is 0 Å². The molecule has 0 saturated carbocycles. The van der Waals surface area contributed by atoms with Crippen molar-refractivity contribution in [1.29, 1.82) is 5.26 Å². The Morgan fingerprint density at radius 3 is 2.71 bits per heavy atom. The Labute approximate surface area is 107 Å². The Morgan fingerprint density at radius 1 is 1.41 bits per heavy atom. The normalized spacial score (nSPS) is 16.6. The van der Waals surface area contributed by atoms with Crippen molar-refractivity contribution < 1.29 is 0 Å². The average molecular weight is 247 g/mol. The van der Waals surface area contributed by atoms with Crippen molar-refractivity contribution in [3.8, 4) is 6.07 Å². The lowest BCUT2D eigenvalue weighted by molar-refractivity contribution is 0.479. The third-order valence-corrected chi connectivity index (χ3v) is 3.60. The molecule has 0 radical (unpaired) electrons. The van der Waals surface area contributed by atoms with Gasteiger partial charge in [0.1, 0.15) is 6.07 Å². The summed E-state index contributed by atoms with van der Waals surface area (Å²) in [4.78, 5) is 2.21. The molecule has 1 heterocycles. The number of hydrogen-bond donors (Lipinski definition) is 0. The molecule has 1 aromatic carbocycles. The first kappa shape index (κ1) is 12.0. The molecule has 17 heavy (non-hydrogen) atoms. The van der Waals surface area contributed by atoms with Gasteiger partial charge >= 0.3 is 0 Å². The van der Waals surface area contributed by atoms with Crippen LogP contribution in [0.2, 0.25) is 5.02 Å². The number of nitrogens with zero attached hydrogens (tertiary/aromatic N) is 2. The highest BCUT2D eigenvalue weighted by molar-refractivity contribution is 6.33. The minimum Gasteiger partial charge on any atom is -0.369 e. The molecule has 0 N–H and O–H groups in total. The fourth-order valence-corrected chi connectivity index (χ4v) is 2.58. The maximum absolute atomic E-state index is 9.12. The summed E-state index contributed by atoms with van der Waals surface area (Å²) in [6.45, 7) is 5.72. The van der Waals surface area contributed by atoms with Crippen molar-refractivity contribution in [3.05, 3.63) is 41.4 Å². The van der Waals surface area contributed by atoms with Crippen molar-refractivity contribution >= 4 is 17.3 Å². The third-order valence-electron chi connectivity index (χ3n) is 3.30. The zero-order valence-electron chi connectivity index (χ0n) is 9.69. The number of allylic oxidation sites excluding steroid dienone is 1. The van der Waals surface area contributed by atoms with Crippen LogP contribution in [-0.2, 0) is 0 Å². The summed E-state index contributed by atoms with van der Waals surface area (Å²) in [5, 5.41) is 9.79. The van der Waals surface area contributed by atoms with Crippen LogP contribution in [0.15, 0.2) is 30.9 Å². The highest BCUT2D eigenvalue weighted by atomic mass is 35.5. The lowest BCUT2D eigenvalue weighted by Gasteiger charge is -2.33. The first-order valence-electron chi connectivity index (χ1n) is 5.82. The number of para-hydroxylation sites is 1. The number of rotatable bonds is 2. The molecule has 1 saturated heterocycles. The monoisotopic (exact) mass is 246 g/mol. The Hall–Kier alpha value is -1.46. The Balaban J connectivity index is 2.24. The minimum absolute atomic E-state index is 0.597. The Kier molecular flexibility index (Phi) is 3.71. The summed E-state index contributed by atoms with van der Waals surface area (Å²) < 4.78 is 0. The molecular weight excluding hydrogens is 232 g/mol. The summed E-state index contributed by atoms with van der Waals surface area (Å²) >= 11 is 6.20. The standard InChI is InChI=1S/C14H15ClN2/c1-2-11-6-8-17(9-7-11)14-12(10-16)4-3-5-13(14)15/h2-5,11H,1,6-9H2. The fourth-order valence-electron chi connectivity index (χ4n) is 2.29. The van der Waals surface area contributed by atoms with E-state index in [0.29, 0.717) is 16.5 Å². The Morgan fingerprint density at radius 2 is 2.12 bits per heavy atom. The lowest BCUT2D eigenvalue weighted by atomic mass is 9.96. The number of halogens is 1. The van der Waals surface area contributed by atoms with Gasteiger partial charge in [0, 0.05) is 13.1 Å². The second-order valence-corrected chi connectivity index (χ2v) is 4.72. The van der Waals surface area contributed by atoms with Crippen molar-refractivity contribution in [2.75, 3.05) is 18.0 Å². The molecule has 0 amide bonds. The number of nitriles is 1. The summed E-state index contributed by atoms with van der Waals surface area (Å²) in [5.41, 5.74) is 1.55. The van der Waals surface area contributed by atoms with Gasteiger partial charge in [0.2, 0.25) is 0 Å². The van der Waals surface area contributed by atoms with E-state index in [1.165, 1.54) is 0 Å². The average Bonchev–Trinajstić information content (AvgIpc) is 2.38. The highest BCUT2D eigenvalue weighted by Crippen LogP contribution is 2.32. The summed E-state index contributed by atoms with van der Waals surface area (Å²) in [5.74, 6) is 0.597. The summed E-state index contributed by atoms with van der Waals surface area (Å²) in [7, 11) is 0. The molecule has 0 aliphatic carbocycles. The topological polar surface area (TPSA) is 27.0 Å². The van der Waals surface area contributed by atoms with E-state index < -0.39 is 0 Å².